The summed E-state index contributed by atoms with van der Waals surface area (Å²) in [5.74, 6) is 0. The van der Waals surface area contributed by atoms with Crippen LogP contribution in [-0.2, 0) is 0 Å². The van der Waals surface area contributed by atoms with Gasteiger partial charge in [0.25, 0.3) is 0 Å². The fourth-order valence-electron chi connectivity index (χ4n) is 0.686. The Morgan fingerprint density at radius 1 is 1.88 bits per heavy atom. The number of halogens is 1. The van der Waals surface area contributed by atoms with Gasteiger partial charge in [-0.1, -0.05) is 11.6 Å². The maximum atomic E-state index is 5.61. The van der Waals surface area contributed by atoms with Gasteiger partial charge in [-0.25, -0.2) is 0 Å². The Morgan fingerprint density at radius 3 is 2.62 bits per heavy atom. The lowest BCUT2D eigenvalue weighted by atomic mass is 10.3. The second kappa shape index (κ2) is 1.94. The Kier molecular flexibility index (Phi) is 1.43. The first-order valence-corrected chi connectivity index (χ1v) is 3.04. The number of nitrogens with zero attached hydrogens (tertiary/aromatic N) is 2. The third-order valence-corrected chi connectivity index (χ3v) is 1.60. The highest BCUT2D eigenvalue weighted by molar-refractivity contribution is 6.65. The molecule has 0 spiro atoms. The Labute approximate surface area is 54.1 Å². The van der Waals surface area contributed by atoms with Crippen molar-refractivity contribution in [1.29, 1.82) is 0 Å². The highest BCUT2D eigenvalue weighted by Gasteiger charge is 2.16. The third kappa shape index (κ3) is 0.944. The molecule has 0 radical (unpaired) electrons. The van der Waals surface area contributed by atoms with Gasteiger partial charge >= 0.3 is 0 Å². The summed E-state index contributed by atoms with van der Waals surface area (Å²) < 4.78 is 0. The van der Waals surface area contributed by atoms with Gasteiger partial charge in [-0.05, 0) is 6.92 Å². The lowest BCUT2D eigenvalue weighted by Gasteiger charge is -2.11. The molecule has 3 heteroatoms. The molecule has 1 rings (SSSR count). The van der Waals surface area contributed by atoms with Crippen LogP contribution in [0.15, 0.2) is 5.10 Å². The van der Waals surface area contributed by atoms with Crippen molar-refractivity contribution in [3.63, 3.8) is 0 Å². The average Bonchev–Trinajstić information content (AvgIpc) is 1.85. The van der Waals surface area contributed by atoms with Crippen molar-refractivity contribution >= 4 is 16.8 Å². The van der Waals surface area contributed by atoms with E-state index in [-0.39, 0.29) is 0 Å². The lowest BCUT2D eigenvalue weighted by molar-refractivity contribution is 0.303. The number of hydrogen-bond acceptors (Lipinski definition) is 2. The smallest absolute Gasteiger partial charge is 0.128 e. The van der Waals surface area contributed by atoms with Gasteiger partial charge in [-0.15, -0.1) is 0 Å². The summed E-state index contributed by atoms with van der Waals surface area (Å²) in [6, 6.07) is 0.488. The fraction of sp³-hybridized carbons (Fsp3) is 0.800. The average molecular weight is 133 g/mol. The van der Waals surface area contributed by atoms with E-state index < -0.39 is 0 Å². The SMILES string of the molecule is CC1CC(Cl)=NN1C. The molecule has 0 saturated heterocycles. The molecule has 46 valence electrons. The summed E-state index contributed by atoms with van der Waals surface area (Å²) >= 11 is 5.61. The summed E-state index contributed by atoms with van der Waals surface area (Å²) in [5, 5.41) is 6.58. The van der Waals surface area contributed by atoms with Gasteiger partial charge in [0.1, 0.15) is 5.17 Å². The maximum Gasteiger partial charge on any atom is 0.128 e. The molecule has 0 aromatic rings. The summed E-state index contributed by atoms with van der Waals surface area (Å²) in [4.78, 5) is 0. The normalized spacial score (nSPS) is 28.6. The number of hydrogen-bond donors (Lipinski definition) is 0. The van der Waals surface area contributed by atoms with E-state index in [4.69, 9.17) is 11.6 Å². The van der Waals surface area contributed by atoms with Crippen LogP contribution in [0.5, 0.6) is 0 Å². The highest BCUT2D eigenvalue weighted by Crippen LogP contribution is 2.13. The molecular weight excluding hydrogens is 124 g/mol. The molecule has 1 unspecified atom stereocenters. The topological polar surface area (TPSA) is 15.6 Å². The monoisotopic (exact) mass is 132 g/mol. The van der Waals surface area contributed by atoms with Crippen LogP contribution < -0.4 is 0 Å². The van der Waals surface area contributed by atoms with Gasteiger partial charge in [0.2, 0.25) is 0 Å². The predicted molar refractivity (Wildman–Crippen MR) is 35.1 cm³/mol. The van der Waals surface area contributed by atoms with E-state index in [1.165, 1.54) is 0 Å². The molecule has 0 aromatic carbocycles. The minimum atomic E-state index is 0.488. The van der Waals surface area contributed by atoms with E-state index in [2.05, 4.69) is 12.0 Å². The van der Waals surface area contributed by atoms with E-state index in [0.717, 1.165) is 11.6 Å². The van der Waals surface area contributed by atoms with E-state index in [1.54, 1.807) is 0 Å². The highest BCUT2D eigenvalue weighted by atomic mass is 35.5. The zero-order valence-corrected chi connectivity index (χ0v) is 5.81. The van der Waals surface area contributed by atoms with Crippen LogP contribution in [0.25, 0.3) is 0 Å². The van der Waals surface area contributed by atoms with E-state index in [0.29, 0.717) is 6.04 Å². The van der Waals surface area contributed by atoms with Crippen molar-refractivity contribution in [2.45, 2.75) is 19.4 Å². The van der Waals surface area contributed by atoms with Crippen LogP contribution in [0.4, 0.5) is 0 Å². The molecule has 0 aliphatic carbocycles. The first-order chi connectivity index (χ1) is 3.70. The molecule has 8 heavy (non-hydrogen) atoms. The van der Waals surface area contributed by atoms with Crippen LogP contribution in [0.1, 0.15) is 13.3 Å². The van der Waals surface area contributed by atoms with Crippen LogP contribution >= 0.6 is 11.6 Å². The van der Waals surface area contributed by atoms with Crippen LogP contribution in [0.2, 0.25) is 0 Å². The van der Waals surface area contributed by atoms with Crippen molar-refractivity contribution in [2.75, 3.05) is 7.05 Å². The molecular formula is C5H9ClN2. The van der Waals surface area contributed by atoms with Crippen molar-refractivity contribution in [1.82, 2.24) is 5.01 Å². The molecule has 0 bridgehead atoms. The molecule has 1 atom stereocenters. The van der Waals surface area contributed by atoms with Crippen molar-refractivity contribution in [3.05, 3.63) is 0 Å². The Balaban J connectivity index is 2.56. The molecule has 2 nitrogen and oxygen atoms in total. The maximum absolute atomic E-state index is 5.61. The summed E-state index contributed by atoms with van der Waals surface area (Å²) in [6.07, 6.45) is 0.901. The Hall–Kier alpha value is -0.240. The standard InChI is InChI=1S/C5H9ClN2/c1-4-3-5(6)7-8(4)2/h4H,3H2,1-2H3. The third-order valence-electron chi connectivity index (χ3n) is 1.37. The molecule has 0 aromatic heterocycles. The van der Waals surface area contributed by atoms with E-state index >= 15 is 0 Å². The molecule has 0 amide bonds. The number of hydrazone groups is 1. The zero-order chi connectivity index (χ0) is 6.15. The summed E-state index contributed by atoms with van der Waals surface area (Å²) in [7, 11) is 1.93. The fourth-order valence-corrected chi connectivity index (χ4v) is 1.03. The Morgan fingerprint density at radius 2 is 2.50 bits per heavy atom. The quantitative estimate of drug-likeness (QED) is 0.485. The van der Waals surface area contributed by atoms with Gasteiger partial charge < -0.3 is 0 Å². The van der Waals surface area contributed by atoms with Gasteiger partial charge in [0.15, 0.2) is 0 Å². The lowest BCUT2D eigenvalue weighted by Crippen LogP contribution is -2.17. The van der Waals surface area contributed by atoms with Crippen molar-refractivity contribution in [2.24, 2.45) is 5.10 Å². The molecule has 0 saturated carbocycles. The molecule has 1 aliphatic rings. The van der Waals surface area contributed by atoms with Gasteiger partial charge in [0, 0.05) is 13.5 Å². The minimum absolute atomic E-state index is 0.488. The minimum Gasteiger partial charge on any atom is -0.296 e. The van der Waals surface area contributed by atoms with Gasteiger partial charge in [0.05, 0.1) is 6.04 Å². The van der Waals surface area contributed by atoms with Crippen LogP contribution in [-0.4, -0.2) is 23.3 Å². The molecule has 0 fully saturated rings. The molecule has 0 N–H and O–H groups in total. The van der Waals surface area contributed by atoms with E-state index in [1.807, 2.05) is 12.1 Å². The first kappa shape index (κ1) is 5.89. The van der Waals surface area contributed by atoms with Crippen LogP contribution in [0, 0.1) is 0 Å². The Bertz CT molecular complexity index is 122. The largest absolute Gasteiger partial charge is 0.296 e. The van der Waals surface area contributed by atoms with Gasteiger partial charge in [-0.2, -0.15) is 5.10 Å². The van der Waals surface area contributed by atoms with Gasteiger partial charge in [-0.3, -0.25) is 5.01 Å². The molecule has 1 heterocycles. The summed E-state index contributed by atoms with van der Waals surface area (Å²) in [5.41, 5.74) is 0. The predicted octanol–water partition coefficient (Wildman–Crippen LogP) is 1.26. The second-order valence-electron chi connectivity index (χ2n) is 2.10. The summed E-state index contributed by atoms with van der Waals surface area (Å²) in [6.45, 7) is 2.10. The number of rotatable bonds is 0. The zero-order valence-electron chi connectivity index (χ0n) is 5.06. The second-order valence-corrected chi connectivity index (χ2v) is 2.54. The van der Waals surface area contributed by atoms with Crippen molar-refractivity contribution < 1.29 is 0 Å². The van der Waals surface area contributed by atoms with E-state index in [9.17, 15) is 0 Å². The molecule has 1 aliphatic heterocycles. The first-order valence-electron chi connectivity index (χ1n) is 2.66. The van der Waals surface area contributed by atoms with Crippen molar-refractivity contribution in [3.8, 4) is 0 Å². The van der Waals surface area contributed by atoms with Crippen LogP contribution in [0.3, 0.4) is 0 Å².